The fourth-order valence-electron chi connectivity index (χ4n) is 3.58. The Hall–Kier alpha value is -1.71. The molecule has 1 aromatic carbocycles. The third-order valence-corrected chi connectivity index (χ3v) is 6.99. The van der Waals surface area contributed by atoms with E-state index in [9.17, 15) is 18.5 Å². The number of sulfonamides is 1. The van der Waals surface area contributed by atoms with Crippen LogP contribution < -0.4 is 5.32 Å². The lowest BCUT2D eigenvalue weighted by Gasteiger charge is -2.26. The van der Waals surface area contributed by atoms with Gasteiger partial charge in [0.25, 0.3) is 5.69 Å². The molecule has 9 heteroatoms. The van der Waals surface area contributed by atoms with Crippen LogP contribution in [0.1, 0.15) is 32.1 Å². The van der Waals surface area contributed by atoms with Crippen LogP contribution in [0, 0.1) is 10.1 Å². The van der Waals surface area contributed by atoms with Crippen LogP contribution in [0.25, 0.3) is 0 Å². The normalized spacial score (nSPS) is 19.5. The minimum absolute atomic E-state index is 0.00671. The Morgan fingerprint density at radius 2 is 1.69 bits per heavy atom. The molecule has 2 aliphatic rings. The molecule has 0 unspecified atom stereocenters. The van der Waals surface area contributed by atoms with Gasteiger partial charge in [-0.25, -0.2) is 8.42 Å². The quantitative estimate of drug-likeness (QED) is 0.574. The van der Waals surface area contributed by atoms with E-state index in [0.717, 1.165) is 32.5 Å². The molecule has 2 aliphatic heterocycles. The Kier molecular flexibility index (Phi) is 6.10. The fraction of sp³-hybridized carbons (Fsp3) is 0.647. The Morgan fingerprint density at radius 3 is 2.35 bits per heavy atom. The van der Waals surface area contributed by atoms with Crippen LogP contribution >= 0.6 is 0 Å². The van der Waals surface area contributed by atoms with E-state index in [1.165, 1.54) is 41.8 Å². The van der Waals surface area contributed by atoms with Crippen molar-refractivity contribution in [3.05, 3.63) is 28.3 Å². The van der Waals surface area contributed by atoms with Gasteiger partial charge in [-0.3, -0.25) is 10.1 Å². The third-order valence-electron chi connectivity index (χ3n) is 5.05. The second kappa shape index (κ2) is 8.32. The van der Waals surface area contributed by atoms with Crippen LogP contribution in [0.5, 0.6) is 0 Å². The summed E-state index contributed by atoms with van der Waals surface area (Å²) >= 11 is 0. The average molecular weight is 382 g/mol. The largest absolute Gasteiger partial charge is 0.383 e. The Labute approximate surface area is 154 Å². The zero-order valence-electron chi connectivity index (χ0n) is 14.9. The molecule has 3 rings (SSSR count). The highest BCUT2D eigenvalue weighted by Crippen LogP contribution is 2.30. The van der Waals surface area contributed by atoms with Crippen molar-refractivity contribution in [3.63, 3.8) is 0 Å². The van der Waals surface area contributed by atoms with E-state index < -0.39 is 14.9 Å². The predicted molar refractivity (Wildman–Crippen MR) is 99.9 cm³/mol. The number of nitrogens with zero attached hydrogens (tertiary/aromatic N) is 3. The van der Waals surface area contributed by atoms with Crippen molar-refractivity contribution in [3.8, 4) is 0 Å². The summed E-state index contributed by atoms with van der Waals surface area (Å²) in [6.45, 7) is 4.53. The van der Waals surface area contributed by atoms with Crippen molar-refractivity contribution in [2.24, 2.45) is 0 Å². The number of nitro groups is 1. The molecule has 2 saturated heterocycles. The SMILES string of the molecule is O=[N+]([O-])c1ccc(NCCN2CCCCC2)c(S(=O)(=O)N2CCCC2)c1. The second-order valence-electron chi connectivity index (χ2n) is 6.88. The highest BCUT2D eigenvalue weighted by atomic mass is 32.2. The van der Waals surface area contributed by atoms with Crippen LogP contribution in [0.4, 0.5) is 11.4 Å². The summed E-state index contributed by atoms with van der Waals surface area (Å²) in [4.78, 5) is 12.9. The maximum atomic E-state index is 12.9. The average Bonchev–Trinajstić information content (AvgIpc) is 3.18. The van der Waals surface area contributed by atoms with E-state index in [1.807, 2.05) is 0 Å². The smallest absolute Gasteiger partial charge is 0.270 e. The van der Waals surface area contributed by atoms with Crippen molar-refractivity contribution < 1.29 is 13.3 Å². The lowest BCUT2D eigenvalue weighted by atomic mass is 10.1. The van der Waals surface area contributed by atoms with Gasteiger partial charge >= 0.3 is 0 Å². The van der Waals surface area contributed by atoms with Crippen molar-refractivity contribution >= 4 is 21.4 Å². The van der Waals surface area contributed by atoms with E-state index in [4.69, 9.17) is 0 Å². The number of hydrogen-bond donors (Lipinski definition) is 1. The van der Waals surface area contributed by atoms with Crippen molar-refractivity contribution in [1.29, 1.82) is 0 Å². The molecule has 1 N–H and O–H groups in total. The first-order valence-electron chi connectivity index (χ1n) is 9.23. The summed E-state index contributed by atoms with van der Waals surface area (Å²) in [6.07, 6.45) is 5.32. The van der Waals surface area contributed by atoms with Gasteiger partial charge < -0.3 is 10.2 Å². The second-order valence-corrected chi connectivity index (χ2v) is 8.78. The number of rotatable bonds is 7. The van der Waals surface area contributed by atoms with Gasteiger partial charge in [0.15, 0.2) is 0 Å². The molecule has 0 spiro atoms. The lowest BCUT2D eigenvalue weighted by Crippen LogP contribution is -2.34. The summed E-state index contributed by atoms with van der Waals surface area (Å²) in [5.74, 6) is 0. The first-order valence-corrected chi connectivity index (χ1v) is 10.7. The van der Waals surface area contributed by atoms with E-state index >= 15 is 0 Å². The minimum Gasteiger partial charge on any atom is -0.383 e. The van der Waals surface area contributed by atoms with Crippen LogP contribution in [0.3, 0.4) is 0 Å². The summed E-state index contributed by atoms with van der Waals surface area (Å²) in [5, 5.41) is 14.3. The van der Waals surface area contributed by atoms with Crippen LogP contribution in [0.2, 0.25) is 0 Å². The fourth-order valence-corrected chi connectivity index (χ4v) is 5.29. The van der Waals surface area contributed by atoms with Crippen LogP contribution in [0.15, 0.2) is 23.1 Å². The molecule has 144 valence electrons. The molecule has 0 radical (unpaired) electrons. The third kappa shape index (κ3) is 4.33. The summed E-state index contributed by atoms with van der Waals surface area (Å²) in [7, 11) is -3.73. The lowest BCUT2D eigenvalue weighted by molar-refractivity contribution is -0.385. The molecule has 1 aromatic rings. The molecular formula is C17H26N4O4S. The highest BCUT2D eigenvalue weighted by molar-refractivity contribution is 7.89. The summed E-state index contributed by atoms with van der Waals surface area (Å²) in [5.41, 5.74) is 0.240. The standard InChI is InChI=1S/C17H26N4O4S/c22-21(23)15-6-7-16(18-8-13-19-9-2-1-3-10-19)17(14-15)26(24,25)20-11-4-5-12-20/h6-7,14,18H,1-5,8-13H2. The number of nitro benzene ring substituents is 1. The number of piperidine rings is 1. The van der Waals surface area contributed by atoms with E-state index in [-0.39, 0.29) is 10.6 Å². The molecule has 0 aromatic heterocycles. The zero-order chi connectivity index (χ0) is 18.6. The molecule has 2 heterocycles. The number of anilines is 1. The summed E-state index contributed by atoms with van der Waals surface area (Å²) < 4.78 is 27.3. The Morgan fingerprint density at radius 1 is 1.04 bits per heavy atom. The molecule has 0 aliphatic carbocycles. The van der Waals surface area contributed by atoms with Gasteiger partial charge in [0.1, 0.15) is 4.90 Å². The number of hydrogen-bond acceptors (Lipinski definition) is 6. The predicted octanol–water partition coefficient (Wildman–Crippen LogP) is 2.28. The maximum Gasteiger partial charge on any atom is 0.270 e. The molecule has 26 heavy (non-hydrogen) atoms. The molecule has 2 fully saturated rings. The molecule has 0 atom stereocenters. The zero-order valence-corrected chi connectivity index (χ0v) is 15.7. The van der Waals surface area contributed by atoms with Crippen molar-refractivity contribution in [2.45, 2.75) is 37.0 Å². The van der Waals surface area contributed by atoms with Crippen LogP contribution in [-0.2, 0) is 10.0 Å². The van der Waals surface area contributed by atoms with E-state index in [0.29, 0.717) is 25.3 Å². The van der Waals surface area contributed by atoms with Gasteiger partial charge in [-0.15, -0.1) is 0 Å². The summed E-state index contributed by atoms with van der Waals surface area (Å²) in [6, 6.07) is 4.04. The number of likely N-dealkylation sites (tertiary alicyclic amines) is 1. The highest BCUT2D eigenvalue weighted by Gasteiger charge is 2.31. The van der Waals surface area contributed by atoms with Crippen molar-refractivity contribution in [2.75, 3.05) is 44.6 Å². The van der Waals surface area contributed by atoms with Gasteiger partial charge in [-0.2, -0.15) is 4.31 Å². The number of nitrogens with one attached hydrogen (secondary N) is 1. The Balaban J connectivity index is 1.78. The molecule has 0 amide bonds. The first-order chi connectivity index (χ1) is 12.5. The molecule has 0 saturated carbocycles. The molecular weight excluding hydrogens is 356 g/mol. The van der Waals surface area contributed by atoms with Gasteiger partial charge in [0, 0.05) is 38.3 Å². The topological polar surface area (TPSA) is 95.8 Å². The van der Waals surface area contributed by atoms with E-state index in [1.54, 1.807) is 0 Å². The number of non-ortho nitro benzene ring substituents is 1. The monoisotopic (exact) mass is 382 g/mol. The van der Waals surface area contributed by atoms with E-state index in [2.05, 4.69) is 10.2 Å². The van der Waals surface area contributed by atoms with Gasteiger partial charge in [0.2, 0.25) is 10.0 Å². The molecule has 8 nitrogen and oxygen atoms in total. The number of benzene rings is 1. The minimum atomic E-state index is -3.73. The Bertz CT molecular complexity index is 741. The van der Waals surface area contributed by atoms with Crippen molar-refractivity contribution in [1.82, 2.24) is 9.21 Å². The molecule has 0 bridgehead atoms. The van der Waals surface area contributed by atoms with Gasteiger partial charge in [-0.05, 0) is 44.8 Å². The van der Waals surface area contributed by atoms with Gasteiger partial charge in [-0.1, -0.05) is 6.42 Å². The first kappa shape index (κ1) is 19.1. The van der Waals surface area contributed by atoms with Crippen LogP contribution in [-0.4, -0.2) is 61.8 Å². The van der Waals surface area contributed by atoms with Gasteiger partial charge in [0.05, 0.1) is 10.6 Å². The maximum absolute atomic E-state index is 12.9.